The van der Waals surface area contributed by atoms with Crippen molar-refractivity contribution in [2.45, 2.75) is 26.7 Å². The van der Waals surface area contributed by atoms with Crippen molar-refractivity contribution >= 4 is 11.6 Å². The van der Waals surface area contributed by atoms with Gasteiger partial charge in [-0.2, -0.15) is 5.26 Å². The third kappa shape index (κ3) is 2.80. The van der Waals surface area contributed by atoms with Crippen LogP contribution in [0.25, 0.3) is 0 Å². The molecular formula is C14H18N2O2. The van der Waals surface area contributed by atoms with Crippen LogP contribution in [0.15, 0.2) is 12.1 Å². The van der Waals surface area contributed by atoms with E-state index in [9.17, 15) is 4.79 Å². The van der Waals surface area contributed by atoms with Crippen LogP contribution >= 0.6 is 0 Å². The molecule has 0 saturated heterocycles. The lowest BCUT2D eigenvalue weighted by molar-refractivity contribution is -0.118. The lowest BCUT2D eigenvalue weighted by atomic mass is 10.1. The molecule has 1 aromatic carbocycles. The van der Waals surface area contributed by atoms with Crippen LogP contribution in [0.3, 0.4) is 0 Å². The van der Waals surface area contributed by atoms with E-state index >= 15 is 0 Å². The maximum atomic E-state index is 11.9. The van der Waals surface area contributed by atoms with Crippen molar-refractivity contribution in [1.29, 1.82) is 5.26 Å². The van der Waals surface area contributed by atoms with E-state index in [0.717, 1.165) is 22.6 Å². The summed E-state index contributed by atoms with van der Waals surface area (Å²) < 4.78 is 5.24. The zero-order valence-corrected chi connectivity index (χ0v) is 11.3. The van der Waals surface area contributed by atoms with E-state index in [4.69, 9.17) is 10.00 Å². The standard InChI is InChI=1S/C14H18N2O2/c1-10-11(2)13(18-4)8-7-12(10)16(3)14(17)6-5-9-15/h7-8H,5-6H2,1-4H3. The number of carbonyl (C=O) groups is 1. The Morgan fingerprint density at radius 3 is 2.61 bits per heavy atom. The first-order valence-electron chi connectivity index (χ1n) is 5.80. The molecule has 0 fully saturated rings. The van der Waals surface area contributed by atoms with E-state index in [0.29, 0.717) is 0 Å². The topological polar surface area (TPSA) is 53.3 Å². The molecule has 0 aliphatic rings. The van der Waals surface area contributed by atoms with Crippen molar-refractivity contribution in [3.8, 4) is 11.8 Å². The van der Waals surface area contributed by atoms with Gasteiger partial charge in [-0.05, 0) is 37.1 Å². The van der Waals surface area contributed by atoms with Crippen molar-refractivity contribution in [3.63, 3.8) is 0 Å². The van der Waals surface area contributed by atoms with Gasteiger partial charge in [0, 0.05) is 25.6 Å². The first-order valence-corrected chi connectivity index (χ1v) is 5.80. The molecule has 0 saturated carbocycles. The summed E-state index contributed by atoms with van der Waals surface area (Å²) in [5, 5.41) is 8.50. The molecule has 0 heterocycles. The maximum Gasteiger partial charge on any atom is 0.227 e. The van der Waals surface area contributed by atoms with Crippen LogP contribution in [0, 0.1) is 25.2 Å². The molecule has 1 amide bonds. The minimum absolute atomic E-state index is 0.0517. The van der Waals surface area contributed by atoms with Gasteiger partial charge >= 0.3 is 0 Å². The summed E-state index contributed by atoms with van der Waals surface area (Å²) in [6.07, 6.45) is 0.495. The third-order valence-electron chi connectivity index (χ3n) is 3.11. The van der Waals surface area contributed by atoms with Gasteiger partial charge < -0.3 is 9.64 Å². The zero-order chi connectivity index (χ0) is 13.7. The number of rotatable bonds is 4. The highest BCUT2D eigenvalue weighted by molar-refractivity contribution is 5.94. The molecule has 0 unspecified atom stereocenters. The van der Waals surface area contributed by atoms with Gasteiger partial charge in [-0.3, -0.25) is 4.79 Å². The molecular weight excluding hydrogens is 228 g/mol. The predicted octanol–water partition coefficient (Wildman–Crippen LogP) is 2.58. The van der Waals surface area contributed by atoms with Gasteiger partial charge in [-0.15, -0.1) is 0 Å². The molecule has 1 aromatic rings. The quantitative estimate of drug-likeness (QED) is 0.820. The highest BCUT2D eigenvalue weighted by atomic mass is 16.5. The monoisotopic (exact) mass is 246 g/mol. The average molecular weight is 246 g/mol. The highest BCUT2D eigenvalue weighted by Crippen LogP contribution is 2.29. The van der Waals surface area contributed by atoms with E-state index in [1.54, 1.807) is 19.1 Å². The molecule has 0 spiro atoms. The molecule has 4 nitrogen and oxygen atoms in total. The molecule has 0 bridgehead atoms. The normalized spacial score (nSPS) is 9.72. The second kappa shape index (κ2) is 6.06. The second-order valence-corrected chi connectivity index (χ2v) is 4.15. The van der Waals surface area contributed by atoms with Gasteiger partial charge in [0.1, 0.15) is 5.75 Å². The SMILES string of the molecule is COc1ccc(N(C)C(=O)CCC#N)c(C)c1C. The predicted molar refractivity (Wildman–Crippen MR) is 70.7 cm³/mol. The number of hydrogen-bond donors (Lipinski definition) is 0. The maximum absolute atomic E-state index is 11.9. The Labute approximate surface area is 108 Å². The number of nitrogens with zero attached hydrogens (tertiary/aromatic N) is 2. The van der Waals surface area contributed by atoms with E-state index < -0.39 is 0 Å². The number of benzene rings is 1. The first kappa shape index (κ1) is 14.0. The van der Waals surface area contributed by atoms with Gasteiger partial charge in [0.05, 0.1) is 13.2 Å². The van der Waals surface area contributed by atoms with E-state index in [1.807, 2.05) is 32.0 Å². The number of carbonyl (C=O) groups excluding carboxylic acids is 1. The van der Waals surface area contributed by atoms with Crippen LogP contribution in [-0.4, -0.2) is 20.1 Å². The molecule has 1 rings (SSSR count). The van der Waals surface area contributed by atoms with Crippen molar-refractivity contribution in [1.82, 2.24) is 0 Å². The molecule has 0 aliphatic heterocycles. The molecule has 0 N–H and O–H groups in total. The van der Waals surface area contributed by atoms with Gasteiger partial charge in [0.25, 0.3) is 0 Å². The van der Waals surface area contributed by atoms with Crippen molar-refractivity contribution in [2.75, 3.05) is 19.1 Å². The molecule has 0 aliphatic carbocycles. The number of methoxy groups -OCH3 is 1. The van der Waals surface area contributed by atoms with E-state index in [2.05, 4.69) is 0 Å². The Kier molecular flexibility index (Phi) is 4.73. The summed E-state index contributed by atoms with van der Waals surface area (Å²) in [5.74, 6) is 0.762. The fourth-order valence-electron chi connectivity index (χ4n) is 1.83. The fraction of sp³-hybridized carbons (Fsp3) is 0.429. The summed E-state index contributed by atoms with van der Waals surface area (Å²) in [5.41, 5.74) is 2.90. The second-order valence-electron chi connectivity index (χ2n) is 4.15. The molecule has 0 aromatic heterocycles. The Hall–Kier alpha value is -2.02. The van der Waals surface area contributed by atoms with Crippen molar-refractivity contribution in [3.05, 3.63) is 23.3 Å². The summed E-state index contributed by atoms with van der Waals surface area (Å²) in [7, 11) is 3.36. The molecule has 0 radical (unpaired) electrons. The number of anilines is 1. The lowest BCUT2D eigenvalue weighted by Crippen LogP contribution is -2.26. The summed E-state index contributed by atoms with van der Waals surface area (Å²) >= 11 is 0. The molecule has 96 valence electrons. The van der Waals surface area contributed by atoms with Gasteiger partial charge in [0.15, 0.2) is 0 Å². The van der Waals surface area contributed by atoms with Crippen LogP contribution in [0.1, 0.15) is 24.0 Å². The minimum atomic E-state index is -0.0517. The molecule has 4 heteroatoms. The summed E-state index contributed by atoms with van der Waals surface area (Å²) in [6.45, 7) is 3.92. The summed E-state index contributed by atoms with van der Waals surface area (Å²) in [4.78, 5) is 13.5. The number of nitriles is 1. The lowest BCUT2D eigenvalue weighted by Gasteiger charge is -2.21. The molecule has 18 heavy (non-hydrogen) atoms. The first-order chi connectivity index (χ1) is 8.52. The van der Waals surface area contributed by atoms with Crippen LogP contribution in [0.4, 0.5) is 5.69 Å². The largest absolute Gasteiger partial charge is 0.496 e. The Balaban J connectivity index is 3.00. The summed E-state index contributed by atoms with van der Waals surface area (Å²) in [6, 6.07) is 5.70. The average Bonchev–Trinajstić information content (AvgIpc) is 2.38. The van der Waals surface area contributed by atoms with E-state index in [-0.39, 0.29) is 18.7 Å². The Morgan fingerprint density at radius 2 is 2.06 bits per heavy atom. The zero-order valence-electron chi connectivity index (χ0n) is 11.3. The van der Waals surface area contributed by atoms with Gasteiger partial charge in [-0.1, -0.05) is 0 Å². The van der Waals surface area contributed by atoms with Gasteiger partial charge in [-0.25, -0.2) is 0 Å². The Morgan fingerprint density at radius 1 is 1.39 bits per heavy atom. The van der Waals surface area contributed by atoms with Crippen LogP contribution < -0.4 is 9.64 Å². The van der Waals surface area contributed by atoms with Crippen LogP contribution in [-0.2, 0) is 4.79 Å². The van der Waals surface area contributed by atoms with Crippen LogP contribution in [0.5, 0.6) is 5.75 Å². The molecule has 0 atom stereocenters. The van der Waals surface area contributed by atoms with Crippen molar-refractivity contribution < 1.29 is 9.53 Å². The number of amides is 1. The number of ether oxygens (including phenoxy) is 1. The van der Waals surface area contributed by atoms with Crippen LogP contribution in [0.2, 0.25) is 0 Å². The third-order valence-corrected chi connectivity index (χ3v) is 3.11. The highest BCUT2D eigenvalue weighted by Gasteiger charge is 2.15. The van der Waals surface area contributed by atoms with Crippen molar-refractivity contribution in [2.24, 2.45) is 0 Å². The Bertz CT molecular complexity index is 489. The minimum Gasteiger partial charge on any atom is -0.496 e. The smallest absolute Gasteiger partial charge is 0.227 e. The van der Waals surface area contributed by atoms with Gasteiger partial charge in [0.2, 0.25) is 5.91 Å². The number of hydrogen-bond acceptors (Lipinski definition) is 3. The fourth-order valence-corrected chi connectivity index (χ4v) is 1.83. The van der Waals surface area contributed by atoms with E-state index in [1.165, 1.54) is 0 Å².